The Bertz CT molecular complexity index is 1400. The average Bonchev–Trinajstić information content (AvgIpc) is 2.81. The van der Waals surface area contributed by atoms with Crippen LogP contribution in [0.3, 0.4) is 0 Å². The second-order valence-electron chi connectivity index (χ2n) is 7.39. The number of benzene rings is 2. The van der Waals surface area contributed by atoms with E-state index in [0.29, 0.717) is 5.56 Å². The summed E-state index contributed by atoms with van der Waals surface area (Å²) in [6.07, 6.45) is 0.532. The Morgan fingerprint density at radius 1 is 0.971 bits per heavy atom. The van der Waals surface area contributed by atoms with Gasteiger partial charge in [0, 0.05) is 26.7 Å². The van der Waals surface area contributed by atoms with Gasteiger partial charge in [0.05, 0.1) is 16.9 Å². The molecule has 35 heavy (non-hydrogen) atoms. The van der Waals surface area contributed by atoms with Crippen molar-refractivity contribution in [2.24, 2.45) is 0 Å². The normalized spacial score (nSPS) is 11.3. The molecule has 0 fully saturated rings. The topological polar surface area (TPSA) is 112 Å². The summed E-state index contributed by atoms with van der Waals surface area (Å²) >= 11 is 0. The van der Waals surface area contributed by atoms with Crippen molar-refractivity contribution in [3.05, 3.63) is 82.1 Å². The maximum Gasteiger partial charge on any atom is 0.300 e. The SMILES string of the molecule is CNC(=O)c1cc(Cc2ccnc(NS(=O)(=O)NC)c2F)c(F)c(F)c1Nc1ccc(C)cc1F. The van der Waals surface area contributed by atoms with E-state index in [2.05, 4.69) is 15.6 Å². The molecule has 13 heteroatoms. The Kier molecular flexibility index (Phi) is 7.60. The van der Waals surface area contributed by atoms with Crippen LogP contribution >= 0.6 is 0 Å². The molecule has 4 N–H and O–H groups in total. The third-order valence-electron chi connectivity index (χ3n) is 4.99. The molecule has 2 aromatic carbocycles. The van der Waals surface area contributed by atoms with Gasteiger partial charge < -0.3 is 10.6 Å². The van der Waals surface area contributed by atoms with Crippen molar-refractivity contribution in [3.8, 4) is 0 Å². The molecule has 0 aliphatic rings. The van der Waals surface area contributed by atoms with Gasteiger partial charge >= 0.3 is 0 Å². The van der Waals surface area contributed by atoms with Crippen molar-refractivity contribution in [1.29, 1.82) is 0 Å². The number of rotatable bonds is 8. The summed E-state index contributed by atoms with van der Waals surface area (Å²) in [7, 11) is -1.73. The first-order chi connectivity index (χ1) is 16.5. The number of hydrogen-bond donors (Lipinski definition) is 4. The first kappa shape index (κ1) is 25.9. The summed E-state index contributed by atoms with van der Waals surface area (Å²) in [6.45, 7) is 1.64. The molecule has 0 aliphatic carbocycles. The van der Waals surface area contributed by atoms with Gasteiger partial charge in [-0.3, -0.25) is 9.52 Å². The monoisotopic (exact) mass is 511 g/mol. The highest BCUT2D eigenvalue weighted by molar-refractivity contribution is 7.90. The molecule has 3 aromatic rings. The number of pyridine rings is 1. The van der Waals surface area contributed by atoms with Crippen LogP contribution < -0.4 is 20.1 Å². The quantitative estimate of drug-likeness (QED) is 0.346. The van der Waals surface area contributed by atoms with Gasteiger partial charge in [0.25, 0.3) is 16.1 Å². The fourth-order valence-electron chi connectivity index (χ4n) is 3.17. The van der Waals surface area contributed by atoms with E-state index < -0.39 is 62.9 Å². The lowest BCUT2D eigenvalue weighted by molar-refractivity contribution is 0.0963. The molecule has 0 aliphatic heterocycles. The number of nitrogens with zero attached hydrogens (tertiary/aromatic N) is 1. The first-order valence-electron chi connectivity index (χ1n) is 10.1. The van der Waals surface area contributed by atoms with E-state index in [4.69, 9.17) is 0 Å². The summed E-state index contributed by atoms with van der Waals surface area (Å²) in [6, 6.07) is 6.18. The van der Waals surface area contributed by atoms with Gasteiger partial charge in [-0.2, -0.15) is 8.42 Å². The Hall–Kier alpha value is -3.71. The van der Waals surface area contributed by atoms with Crippen LogP contribution in [-0.4, -0.2) is 33.4 Å². The van der Waals surface area contributed by atoms with Crippen LogP contribution in [0.5, 0.6) is 0 Å². The molecule has 186 valence electrons. The minimum absolute atomic E-state index is 0.187. The van der Waals surface area contributed by atoms with Gasteiger partial charge in [-0.1, -0.05) is 6.07 Å². The number of carbonyl (C=O) groups is 1. The van der Waals surface area contributed by atoms with Gasteiger partial charge in [-0.05, 0) is 47.9 Å². The molecule has 0 atom stereocenters. The highest BCUT2D eigenvalue weighted by Crippen LogP contribution is 2.32. The lowest BCUT2D eigenvalue weighted by Crippen LogP contribution is -2.27. The Morgan fingerprint density at radius 2 is 1.69 bits per heavy atom. The van der Waals surface area contributed by atoms with Crippen molar-refractivity contribution in [2.45, 2.75) is 13.3 Å². The number of aromatic nitrogens is 1. The van der Waals surface area contributed by atoms with Crippen LogP contribution in [0.25, 0.3) is 0 Å². The zero-order chi connectivity index (χ0) is 25.9. The van der Waals surface area contributed by atoms with E-state index in [0.717, 1.165) is 25.4 Å². The summed E-state index contributed by atoms with van der Waals surface area (Å²) in [4.78, 5) is 16.0. The van der Waals surface area contributed by atoms with E-state index in [1.54, 1.807) is 13.0 Å². The predicted molar refractivity (Wildman–Crippen MR) is 123 cm³/mol. The zero-order valence-electron chi connectivity index (χ0n) is 18.8. The maximum absolute atomic E-state index is 15.1. The first-order valence-corrected chi connectivity index (χ1v) is 11.6. The molecule has 1 aromatic heterocycles. The number of anilines is 3. The van der Waals surface area contributed by atoms with Crippen molar-refractivity contribution in [2.75, 3.05) is 24.1 Å². The van der Waals surface area contributed by atoms with E-state index in [9.17, 15) is 22.0 Å². The molecule has 1 heterocycles. The van der Waals surface area contributed by atoms with Crippen LogP contribution in [0.15, 0.2) is 36.5 Å². The van der Waals surface area contributed by atoms with Crippen LogP contribution in [-0.2, 0) is 16.6 Å². The predicted octanol–water partition coefficient (Wildman–Crippen LogP) is 3.52. The number of nitrogens with one attached hydrogen (secondary N) is 4. The number of amides is 1. The molecule has 3 rings (SSSR count). The van der Waals surface area contributed by atoms with Crippen LogP contribution in [0.2, 0.25) is 0 Å². The standard InChI is InChI=1S/C22H21F4N5O3S/c1-11-4-5-16(15(23)8-11)30-20-14(22(32)27-2)10-13(17(24)19(20)26)9-12-6-7-29-21(18(12)25)31-35(33,34)28-3/h4-8,10,28,30H,9H2,1-3H3,(H,27,32)(H,29,31). The third kappa shape index (κ3) is 5.69. The number of halogens is 4. The number of carbonyl (C=O) groups excluding carboxylic acids is 1. The highest BCUT2D eigenvalue weighted by Gasteiger charge is 2.24. The summed E-state index contributed by atoms with van der Waals surface area (Å²) in [5, 5.41) is 4.71. The smallest absolute Gasteiger partial charge is 0.300 e. The van der Waals surface area contributed by atoms with Crippen molar-refractivity contribution in [3.63, 3.8) is 0 Å². The minimum atomic E-state index is -4.09. The Balaban J connectivity index is 2.07. The molecule has 8 nitrogen and oxygen atoms in total. The number of hydrogen-bond acceptors (Lipinski definition) is 5. The van der Waals surface area contributed by atoms with Crippen molar-refractivity contribution >= 4 is 33.3 Å². The number of aryl methyl sites for hydroxylation is 1. The van der Waals surface area contributed by atoms with Gasteiger partial charge in [-0.25, -0.2) is 27.3 Å². The Labute approximate surface area is 199 Å². The van der Waals surface area contributed by atoms with E-state index in [1.807, 2.05) is 9.44 Å². The summed E-state index contributed by atoms with van der Waals surface area (Å²) in [5.41, 5.74) is -1.17. The summed E-state index contributed by atoms with van der Waals surface area (Å²) in [5.74, 6) is -6.20. The molecule has 0 radical (unpaired) electrons. The van der Waals surface area contributed by atoms with Gasteiger partial charge in [0.15, 0.2) is 23.3 Å². The lowest BCUT2D eigenvalue weighted by atomic mass is 9.99. The van der Waals surface area contributed by atoms with Crippen LogP contribution in [0.4, 0.5) is 34.8 Å². The van der Waals surface area contributed by atoms with E-state index in [-0.39, 0.29) is 16.8 Å². The van der Waals surface area contributed by atoms with Crippen LogP contribution in [0, 0.1) is 30.2 Å². The second-order valence-corrected chi connectivity index (χ2v) is 9.01. The van der Waals surface area contributed by atoms with Crippen molar-refractivity contribution in [1.82, 2.24) is 15.0 Å². The zero-order valence-corrected chi connectivity index (χ0v) is 19.6. The second kappa shape index (κ2) is 10.3. The van der Waals surface area contributed by atoms with Gasteiger partial charge in [-0.15, -0.1) is 0 Å². The fourth-order valence-corrected chi connectivity index (χ4v) is 3.67. The maximum atomic E-state index is 15.1. The molecule has 0 saturated carbocycles. The van der Waals surface area contributed by atoms with E-state index in [1.165, 1.54) is 19.2 Å². The molecular weight excluding hydrogens is 490 g/mol. The van der Waals surface area contributed by atoms with Gasteiger partial charge in [0.1, 0.15) is 5.82 Å². The molecule has 0 spiro atoms. The summed E-state index contributed by atoms with van der Waals surface area (Å²) < 4.78 is 86.4. The fraction of sp³-hybridized carbons (Fsp3) is 0.182. The minimum Gasteiger partial charge on any atom is -0.355 e. The lowest BCUT2D eigenvalue weighted by Gasteiger charge is -2.17. The Morgan fingerprint density at radius 3 is 2.31 bits per heavy atom. The molecular formula is C22H21F4N5O3S. The molecule has 0 unspecified atom stereocenters. The highest BCUT2D eigenvalue weighted by atomic mass is 32.2. The van der Waals surface area contributed by atoms with Crippen LogP contribution in [0.1, 0.15) is 27.0 Å². The van der Waals surface area contributed by atoms with Crippen molar-refractivity contribution < 1.29 is 30.8 Å². The van der Waals surface area contributed by atoms with Gasteiger partial charge in [0.2, 0.25) is 0 Å². The third-order valence-corrected chi connectivity index (χ3v) is 5.99. The molecule has 1 amide bonds. The largest absolute Gasteiger partial charge is 0.355 e. The average molecular weight is 512 g/mol. The molecule has 0 saturated heterocycles. The molecule has 0 bridgehead atoms. The van der Waals surface area contributed by atoms with E-state index >= 15 is 8.78 Å².